The van der Waals surface area contributed by atoms with Crippen molar-refractivity contribution >= 4 is 15.7 Å². The van der Waals surface area contributed by atoms with Gasteiger partial charge in [-0.2, -0.15) is 5.10 Å². The molecule has 7 heteroatoms. The van der Waals surface area contributed by atoms with Gasteiger partial charge in [-0.15, -0.1) is 0 Å². The highest BCUT2D eigenvalue weighted by Crippen LogP contribution is 2.07. The van der Waals surface area contributed by atoms with Gasteiger partial charge in [0.05, 0.1) is 11.9 Å². The number of para-hydroxylation sites is 1. The number of hydrogen-bond acceptors (Lipinski definition) is 4. The van der Waals surface area contributed by atoms with Crippen molar-refractivity contribution < 1.29 is 13.2 Å². The third-order valence-electron chi connectivity index (χ3n) is 3.14. The van der Waals surface area contributed by atoms with Crippen LogP contribution in [0.2, 0.25) is 0 Å². The second kappa shape index (κ2) is 6.09. The maximum atomic E-state index is 11.7. The van der Waals surface area contributed by atoms with Crippen molar-refractivity contribution in [2.24, 2.45) is 0 Å². The zero-order chi connectivity index (χ0) is 15.5. The largest absolute Gasteiger partial charge is 0.351 e. The number of benzene rings is 1. The first-order chi connectivity index (χ1) is 9.88. The highest BCUT2D eigenvalue weighted by Gasteiger charge is 2.23. The molecule has 0 aliphatic heterocycles. The van der Waals surface area contributed by atoms with Gasteiger partial charge in [-0.25, -0.2) is 13.1 Å². The molecule has 0 unspecified atom stereocenters. The maximum Gasteiger partial charge on any atom is 0.238 e. The zero-order valence-electron chi connectivity index (χ0n) is 11.9. The lowest BCUT2D eigenvalue weighted by atomic mass is 10.3. The minimum absolute atomic E-state index is 0.242. The first-order valence-corrected chi connectivity index (χ1v) is 8.39. The van der Waals surface area contributed by atoms with E-state index in [0.29, 0.717) is 0 Å². The summed E-state index contributed by atoms with van der Waals surface area (Å²) in [6.45, 7) is 1.61. The van der Waals surface area contributed by atoms with Crippen molar-refractivity contribution in [3.8, 4) is 5.69 Å². The van der Waals surface area contributed by atoms with Crippen LogP contribution in [0.3, 0.4) is 0 Å². The summed E-state index contributed by atoms with van der Waals surface area (Å²) in [5, 5.41) is 5.75. The number of carbonyl (C=O) groups is 1. The Bertz CT molecular complexity index is 723. The van der Waals surface area contributed by atoms with Crippen molar-refractivity contribution in [1.29, 1.82) is 0 Å². The lowest BCUT2D eigenvalue weighted by Gasteiger charge is -2.09. The number of amides is 1. The Balaban J connectivity index is 2.00. The average molecular weight is 307 g/mol. The minimum atomic E-state index is -3.38. The molecule has 0 aliphatic rings. The summed E-state index contributed by atoms with van der Waals surface area (Å²) in [6.07, 6.45) is 4.48. The third-order valence-corrected chi connectivity index (χ3v) is 4.63. The molecule has 0 bridgehead atoms. The van der Waals surface area contributed by atoms with Crippen LogP contribution in [0.15, 0.2) is 42.7 Å². The smallest absolute Gasteiger partial charge is 0.238 e. The Hall–Kier alpha value is -2.15. The number of sulfone groups is 1. The molecule has 0 saturated carbocycles. The van der Waals surface area contributed by atoms with Gasteiger partial charge in [-0.3, -0.25) is 4.79 Å². The van der Waals surface area contributed by atoms with Crippen molar-refractivity contribution in [2.45, 2.75) is 18.7 Å². The van der Waals surface area contributed by atoms with E-state index in [1.54, 1.807) is 17.1 Å². The average Bonchev–Trinajstić information content (AvgIpc) is 2.93. The minimum Gasteiger partial charge on any atom is -0.351 e. The van der Waals surface area contributed by atoms with E-state index < -0.39 is 21.0 Å². The lowest BCUT2D eigenvalue weighted by molar-refractivity contribution is -0.120. The van der Waals surface area contributed by atoms with Crippen LogP contribution >= 0.6 is 0 Å². The normalized spacial score (nSPS) is 12.9. The molecular weight excluding hydrogens is 290 g/mol. The standard InChI is InChI=1S/C14H17N3O3S/c1-11(21(2,19)20)14(18)15-8-12-9-16-17(10-12)13-6-4-3-5-7-13/h3-7,9-11H,8H2,1-2H3,(H,15,18)/t11-/m1/s1. The van der Waals surface area contributed by atoms with Gasteiger partial charge >= 0.3 is 0 Å². The van der Waals surface area contributed by atoms with E-state index in [-0.39, 0.29) is 6.54 Å². The maximum absolute atomic E-state index is 11.7. The molecule has 1 N–H and O–H groups in total. The summed E-state index contributed by atoms with van der Waals surface area (Å²) in [4.78, 5) is 11.7. The Morgan fingerprint density at radius 2 is 2.00 bits per heavy atom. The van der Waals surface area contributed by atoms with E-state index in [9.17, 15) is 13.2 Å². The van der Waals surface area contributed by atoms with Gasteiger partial charge in [-0.1, -0.05) is 18.2 Å². The molecule has 2 aromatic rings. The van der Waals surface area contributed by atoms with E-state index >= 15 is 0 Å². The number of rotatable bonds is 5. The van der Waals surface area contributed by atoms with Crippen LogP contribution in [0.4, 0.5) is 0 Å². The van der Waals surface area contributed by atoms with Gasteiger partial charge in [-0.05, 0) is 19.1 Å². The van der Waals surface area contributed by atoms with Crippen molar-refractivity contribution in [3.63, 3.8) is 0 Å². The number of nitrogens with one attached hydrogen (secondary N) is 1. The SMILES string of the molecule is C[C@H](C(=O)NCc1cnn(-c2ccccc2)c1)S(C)(=O)=O. The van der Waals surface area contributed by atoms with Crippen molar-refractivity contribution in [1.82, 2.24) is 15.1 Å². The van der Waals surface area contributed by atoms with Crippen LogP contribution in [-0.2, 0) is 21.2 Å². The van der Waals surface area contributed by atoms with E-state index in [0.717, 1.165) is 17.5 Å². The highest BCUT2D eigenvalue weighted by atomic mass is 32.2. The van der Waals surface area contributed by atoms with Crippen LogP contribution in [0.5, 0.6) is 0 Å². The zero-order valence-corrected chi connectivity index (χ0v) is 12.7. The molecule has 1 aromatic carbocycles. The Morgan fingerprint density at radius 1 is 1.33 bits per heavy atom. The van der Waals surface area contributed by atoms with Gasteiger partial charge in [0.15, 0.2) is 9.84 Å². The number of aromatic nitrogens is 2. The van der Waals surface area contributed by atoms with Crippen molar-refractivity contribution in [2.75, 3.05) is 6.26 Å². The molecule has 0 aliphatic carbocycles. The Morgan fingerprint density at radius 3 is 2.62 bits per heavy atom. The molecule has 0 saturated heterocycles. The molecule has 2 rings (SSSR count). The Labute approximate surface area is 123 Å². The van der Waals surface area contributed by atoms with Crippen molar-refractivity contribution in [3.05, 3.63) is 48.3 Å². The van der Waals surface area contributed by atoms with Crippen LogP contribution in [0.25, 0.3) is 5.69 Å². The van der Waals surface area contributed by atoms with Crippen LogP contribution in [-0.4, -0.2) is 35.6 Å². The van der Waals surface area contributed by atoms with Gasteiger partial charge in [0.1, 0.15) is 5.25 Å². The molecule has 6 nitrogen and oxygen atoms in total. The highest BCUT2D eigenvalue weighted by molar-refractivity contribution is 7.92. The van der Waals surface area contributed by atoms with Gasteiger partial charge in [0.2, 0.25) is 5.91 Å². The molecule has 1 aromatic heterocycles. The second-order valence-electron chi connectivity index (χ2n) is 4.82. The first kappa shape index (κ1) is 15.2. The predicted octanol–water partition coefficient (Wildman–Crippen LogP) is 0.922. The first-order valence-electron chi connectivity index (χ1n) is 6.43. The van der Waals surface area contributed by atoms with E-state index in [4.69, 9.17) is 0 Å². The Kier molecular flexibility index (Phi) is 4.42. The summed E-state index contributed by atoms with van der Waals surface area (Å²) in [6, 6.07) is 9.57. The molecule has 0 fully saturated rings. The molecule has 1 amide bonds. The fourth-order valence-electron chi connectivity index (χ4n) is 1.70. The molecule has 1 heterocycles. The number of carbonyl (C=O) groups excluding carboxylic acids is 1. The van der Waals surface area contributed by atoms with Gasteiger partial charge < -0.3 is 5.32 Å². The van der Waals surface area contributed by atoms with E-state index in [1.165, 1.54) is 6.92 Å². The van der Waals surface area contributed by atoms with Gasteiger partial charge in [0.25, 0.3) is 0 Å². The monoisotopic (exact) mass is 307 g/mol. The number of hydrogen-bond donors (Lipinski definition) is 1. The summed E-state index contributed by atoms with van der Waals surface area (Å²) in [5.41, 5.74) is 1.72. The molecule has 0 spiro atoms. The fraction of sp³-hybridized carbons (Fsp3) is 0.286. The molecule has 112 valence electrons. The lowest BCUT2D eigenvalue weighted by Crippen LogP contribution is -2.36. The topological polar surface area (TPSA) is 81.1 Å². The molecule has 0 radical (unpaired) electrons. The quantitative estimate of drug-likeness (QED) is 0.890. The third kappa shape index (κ3) is 3.91. The second-order valence-corrected chi connectivity index (χ2v) is 7.18. The molecular formula is C14H17N3O3S. The fourth-order valence-corrected chi connectivity index (χ4v) is 2.17. The summed E-state index contributed by atoms with van der Waals surface area (Å²) >= 11 is 0. The van der Waals surface area contributed by atoms with E-state index in [2.05, 4.69) is 10.4 Å². The predicted molar refractivity (Wildman–Crippen MR) is 79.7 cm³/mol. The summed E-state index contributed by atoms with van der Waals surface area (Å²) in [7, 11) is -3.38. The molecule has 1 atom stereocenters. The van der Waals surface area contributed by atoms with Crippen LogP contribution < -0.4 is 5.32 Å². The molecule has 21 heavy (non-hydrogen) atoms. The van der Waals surface area contributed by atoms with Gasteiger partial charge in [0, 0.05) is 24.6 Å². The summed E-state index contributed by atoms with van der Waals surface area (Å²) < 4.78 is 24.3. The number of nitrogens with zero attached hydrogens (tertiary/aromatic N) is 2. The van der Waals surface area contributed by atoms with Crippen LogP contribution in [0.1, 0.15) is 12.5 Å². The van der Waals surface area contributed by atoms with Crippen LogP contribution in [0, 0.1) is 0 Å². The summed E-state index contributed by atoms with van der Waals surface area (Å²) in [5.74, 6) is -0.509. The van der Waals surface area contributed by atoms with E-state index in [1.807, 2.05) is 30.3 Å².